The summed E-state index contributed by atoms with van der Waals surface area (Å²) in [7, 11) is 0. The van der Waals surface area contributed by atoms with Gasteiger partial charge in [-0.15, -0.1) is 24.8 Å². The molecule has 2 atom stereocenters. The van der Waals surface area contributed by atoms with Gasteiger partial charge in [0, 0.05) is 19.6 Å². The molecule has 1 fully saturated rings. The second-order valence-electron chi connectivity index (χ2n) is 6.00. The minimum Gasteiger partial charge on any atom is -0.364 e. The number of carbonyl (C=O) groups is 1. The van der Waals surface area contributed by atoms with E-state index in [0.717, 1.165) is 42.7 Å². The van der Waals surface area contributed by atoms with Crippen LogP contribution in [-0.2, 0) is 16.1 Å². The van der Waals surface area contributed by atoms with Crippen LogP contribution in [0.4, 0.5) is 0 Å². The van der Waals surface area contributed by atoms with Gasteiger partial charge in [-0.2, -0.15) is 0 Å². The van der Waals surface area contributed by atoms with Gasteiger partial charge in [0.1, 0.15) is 11.9 Å². The molecule has 2 aromatic rings. The van der Waals surface area contributed by atoms with E-state index in [4.69, 9.17) is 10.5 Å². The van der Waals surface area contributed by atoms with Crippen molar-refractivity contribution in [2.45, 2.75) is 44.9 Å². The maximum Gasteiger partial charge on any atom is 0.249 e. The number of carbonyl (C=O) groups excluding carboxylic acids is 1. The fourth-order valence-corrected chi connectivity index (χ4v) is 3.11. The van der Waals surface area contributed by atoms with Crippen LogP contribution in [0.3, 0.4) is 0 Å². The van der Waals surface area contributed by atoms with E-state index in [2.05, 4.69) is 20.9 Å². The molecule has 0 spiro atoms. The number of ether oxygens (including phenoxy) is 1. The number of nitrogens with zero attached hydrogens (tertiary/aromatic N) is 2. The molecule has 1 aromatic carbocycles. The Balaban J connectivity index is 0.00000156. The minimum atomic E-state index is -0.334. The fraction of sp³-hybridized carbons (Fsp3) is 0.529. The summed E-state index contributed by atoms with van der Waals surface area (Å²) in [6, 6.07) is 8.11. The van der Waals surface area contributed by atoms with Crippen molar-refractivity contribution in [1.29, 1.82) is 0 Å². The SMILES string of the molecule is Cc1nc2ccccc2n1CCCNC(=O)[C@@H]1CC[C@H](CN)O1.Cl.Cl. The molecule has 8 heteroatoms. The smallest absolute Gasteiger partial charge is 0.249 e. The first-order valence-electron chi connectivity index (χ1n) is 8.24. The average molecular weight is 389 g/mol. The summed E-state index contributed by atoms with van der Waals surface area (Å²) >= 11 is 0. The van der Waals surface area contributed by atoms with Crippen molar-refractivity contribution in [2.24, 2.45) is 5.73 Å². The van der Waals surface area contributed by atoms with Crippen LogP contribution in [0.5, 0.6) is 0 Å². The van der Waals surface area contributed by atoms with Gasteiger partial charge in [0.25, 0.3) is 0 Å². The third-order valence-electron chi connectivity index (χ3n) is 4.37. The second-order valence-corrected chi connectivity index (χ2v) is 6.00. The average Bonchev–Trinajstić information content (AvgIpc) is 3.15. The molecule has 1 aliphatic rings. The molecule has 0 saturated carbocycles. The first-order chi connectivity index (χ1) is 11.2. The Labute approximate surface area is 160 Å². The van der Waals surface area contributed by atoms with Gasteiger partial charge in [-0.3, -0.25) is 4.79 Å². The van der Waals surface area contributed by atoms with Gasteiger partial charge in [-0.05, 0) is 38.3 Å². The highest BCUT2D eigenvalue weighted by Crippen LogP contribution is 2.19. The highest BCUT2D eigenvalue weighted by atomic mass is 35.5. The van der Waals surface area contributed by atoms with E-state index in [9.17, 15) is 4.79 Å². The molecule has 1 amide bonds. The van der Waals surface area contributed by atoms with Crippen LogP contribution in [0.25, 0.3) is 11.0 Å². The molecular formula is C17H26Cl2N4O2. The van der Waals surface area contributed by atoms with Crippen LogP contribution >= 0.6 is 24.8 Å². The van der Waals surface area contributed by atoms with Gasteiger partial charge >= 0.3 is 0 Å². The van der Waals surface area contributed by atoms with Crippen LogP contribution in [0.2, 0.25) is 0 Å². The Morgan fingerprint density at radius 2 is 2.12 bits per heavy atom. The number of aryl methyl sites for hydroxylation is 2. The van der Waals surface area contributed by atoms with E-state index in [1.54, 1.807) is 0 Å². The second kappa shape index (κ2) is 9.97. The molecule has 25 heavy (non-hydrogen) atoms. The van der Waals surface area contributed by atoms with Crippen molar-refractivity contribution in [2.75, 3.05) is 13.1 Å². The molecule has 0 unspecified atom stereocenters. The third kappa shape index (κ3) is 5.07. The van der Waals surface area contributed by atoms with E-state index in [-0.39, 0.29) is 42.9 Å². The quantitative estimate of drug-likeness (QED) is 0.743. The first kappa shape index (κ1) is 21.7. The largest absolute Gasteiger partial charge is 0.364 e. The number of nitrogens with one attached hydrogen (secondary N) is 1. The molecule has 0 radical (unpaired) electrons. The van der Waals surface area contributed by atoms with Gasteiger partial charge in [-0.1, -0.05) is 12.1 Å². The van der Waals surface area contributed by atoms with Gasteiger partial charge in [0.2, 0.25) is 5.91 Å². The topological polar surface area (TPSA) is 82.2 Å². The van der Waals surface area contributed by atoms with Crippen molar-refractivity contribution in [3.63, 3.8) is 0 Å². The Kier molecular flexibility index (Phi) is 8.65. The van der Waals surface area contributed by atoms with Crippen molar-refractivity contribution in [1.82, 2.24) is 14.9 Å². The number of benzene rings is 1. The summed E-state index contributed by atoms with van der Waals surface area (Å²) in [4.78, 5) is 16.6. The lowest BCUT2D eigenvalue weighted by Gasteiger charge is -2.13. The molecule has 2 heterocycles. The first-order valence-corrected chi connectivity index (χ1v) is 8.24. The van der Waals surface area contributed by atoms with Crippen molar-refractivity contribution < 1.29 is 9.53 Å². The number of hydrogen-bond donors (Lipinski definition) is 2. The van der Waals surface area contributed by atoms with E-state index in [1.807, 2.05) is 25.1 Å². The summed E-state index contributed by atoms with van der Waals surface area (Å²) in [6.07, 6.45) is 2.19. The van der Waals surface area contributed by atoms with E-state index in [0.29, 0.717) is 13.1 Å². The number of imidazole rings is 1. The molecule has 6 nitrogen and oxygen atoms in total. The maximum absolute atomic E-state index is 12.1. The Bertz CT molecular complexity index is 692. The van der Waals surface area contributed by atoms with Crippen molar-refractivity contribution in [3.05, 3.63) is 30.1 Å². The zero-order chi connectivity index (χ0) is 16.2. The van der Waals surface area contributed by atoms with Crippen LogP contribution in [0.1, 0.15) is 25.1 Å². The van der Waals surface area contributed by atoms with E-state index < -0.39 is 0 Å². The van der Waals surface area contributed by atoms with Crippen LogP contribution in [0.15, 0.2) is 24.3 Å². The Morgan fingerprint density at radius 1 is 1.36 bits per heavy atom. The highest BCUT2D eigenvalue weighted by molar-refractivity contribution is 5.85. The van der Waals surface area contributed by atoms with Crippen LogP contribution in [-0.4, -0.2) is 40.8 Å². The molecule has 3 N–H and O–H groups in total. The molecule has 140 valence electrons. The number of amides is 1. The number of aromatic nitrogens is 2. The lowest BCUT2D eigenvalue weighted by molar-refractivity contribution is -0.131. The van der Waals surface area contributed by atoms with Gasteiger partial charge < -0.3 is 20.4 Å². The number of fused-ring (bicyclic) bond motifs is 1. The lowest BCUT2D eigenvalue weighted by Crippen LogP contribution is -2.36. The van der Waals surface area contributed by atoms with Crippen LogP contribution < -0.4 is 11.1 Å². The predicted octanol–water partition coefficient (Wildman–Crippen LogP) is 2.20. The monoisotopic (exact) mass is 388 g/mol. The van der Waals surface area contributed by atoms with Gasteiger partial charge in [0.15, 0.2) is 0 Å². The lowest BCUT2D eigenvalue weighted by atomic mass is 10.2. The highest BCUT2D eigenvalue weighted by Gasteiger charge is 2.29. The summed E-state index contributed by atoms with van der Waals surface area (Å²) in [5.74, 6) is 0.982. The Morgan fingerprint density at radius 3 is 2.84 bits per heavy atom. The summed E-state index contributed by atoms with van der Waals surface area (Å²) in [5.41, 5.74) is 7.72. The summed E-state index contributed by atoms with van der Waals surface area (Å²) in [5, 5.41) is 2.96. The molecule has 1 aliphatic heterocycles. The normalized spacial score (nSPS) is 19.3. The summed E-state index contributed by atoms with van der Waals surface area (Å²) < 4.78 is 7.79. The van der Waals surface area contributed by atoms with Crippen molar-refractivity contribution >= 4 is 41.8 Å². The molecule has 0 bridgehead atoms. The molecule has 3 rings (SSSR count). The zero-order valence-corrected chi connectivity index (χ0v) is 15.9. The number of para-hydroxylation sites is 2. The molecule has 1 saturated heterocycles. The number of nitrogens with two attached hydrogens (primary N) is 1. The molecule has 0 aliphatic carbocycles. The number of halogens is 2. The number of hydrogen-bond acceptors (Lipinski definition) is 4. The molecular weight excluding hydrogens is 363 g/mol. The van der Waals surface area contributed by atoms with Gasteiger partial charge in [-0.25, -0.2) is 4.98 Å². The third-order valence-corrected chi connectivity index (χ3v) is 4.37. The summed E-state index contributed by atoms with van der Waals surface area (Å²) in [6.45, 7) is 3.97. The van der Waals surface area contributed by atoms with Crippen LogP contribution in [0, 0.1) is 6.92 Å². The van der Waals surface area contributed by atoms with E-state index >= 15 is 0 Å². The fourth-order valence-electron chi connectivity index (χ4n) is 3.11. The molecule has 1 aromatic heterocycles. The predicted molar refractivity (Wildman–Crippen MR) is 104 cm³/mol. The van der Waals surface area contributed by atoms with E-state index in [1.165, 1.54) is 0 Å². The number of rotatable bonds is 6. The van der Waals surface area contributed by atoms with Crippen molar-refractivity contribution in [3.8, 4) is 0 Å². The maximum atomic E-state index is 12.1. The minimum absolute atomic E-state index is 0. The Hall–Kier alpha value is -1.34. The standard InChI is InChI=1S/C17H24N4O2.2ClH/c1-12-20-14-5-2-3-6-15(14)21(12)10-4-9-19-17(22)16-8-7-13(11-18)23-16;;/h2-3,5-6,13,16H,4,7-11,18H2,1H3,(H,19,22);2*1H/t13-,16+;;/m1../s1. The zero-order valence-electron chi connectivity index (χ0n) is 14.3. The van der Waals surface area contributed by atoms with Gasteiger partial charge in [0.05, 0.1) is 17.1 Å².